The second-order valence-electron chi connectivity index (χ2n) is 5.83. The van der Waals surface area contributed by atoms with E-state index in [0.29, 0.717) is 28.0 Å². The normalized spacial score (nSPS) is 10.6. The zero-order valence-corrected chi connectivity index (χ0v) is 16.4. The topological polar surface area (TPSA) is 75.0 Å². The van der Waals surface area contributed by atoms with Crippen molar-refractivity contribution in [2.75, 3.05) is 13.7 Å². The Hall–Kier alpha value is -2.80. The van der Waals surface area contributed by atoms with E-state index in [2.05, 4.69) is 15.9 Å². The summed E-state index contributed by atoms with van der Waals surface area (Å²) in [6, 6.07) is 12.0. The van der Waals surface area contributed by atoms with Gasteiger partial charge in [0.25, 0.3) is 0 Å². The van der Waals surface area contributed by atoms with Gasteiger partial charge in [0.2, 0.25) is 0 Å². The first-order valence-corrected chi connectivity index (χ1v) is 8.91. The molecule has 1 heterocycles. The number of fused-ring (bicyclic) bond motifs is 1. The largest absolute Gasteiger partial charge is 0.493 e. The van der Waals surface area contributed by atoms with Gasteiger partial charge >= 0.3 is 11.6 Å². The predicted molar refractivity (Wildman–Crippen MR) is 103 cm³/mol. The molecule has 1 aromatic heterocycles. The number of aryl methyl sites for hydroxylation is 1. The Balaban J connectivity index is 1.66. The molecule has 0 aliphatic heterocycles. The molecule has 2 aromatic carbocycles. The molecule has 0 aliphatic rings. The number of ether oxygens (including phenoxy) is 3. The molecule has 3 rings (SSSR count). The van der Waals surface area contributed by atoms with E-state index in [4.69, 9.17) is 18.6 Å². The fourth-order valence-electron chi connectivity index (χ4n) is 2.55. The Kier molecular flexibility index (Phi) is 5.81. The van der Waals surface area contributed by atoms with E-state index >= 15 is 0 Å². The first kappa shape index (κ1) is 19.0. The van der Waals surface area contributed by atoms with E-state index in [1.165, 1.54) is 13.2 Å². The summed E-state index contributed by atoms with van der Waals surface area (Å²) in [4.78, 5) is 23.7. The number of carbonyl (C=O) groups excluding carboxylic acids is 1. The van der Waals surface area contributed by atoms with E-state index in [1.807, 2.05) is 25.1 Å². The number of methoxy groups -OCH3 is 1. The van der Waals surface area contributed by atoms with Gasteiger partial charge in [0.15, 0.2) is 18.1 Å². The first-order valence-electron chi connectivity index (χ1n) is 8.11. The molecule has 0 saturated carbocycles. The number of hydrogen-bond donors (Lipinski definition) is 0. The molecule has 0 N–H and O–H groups in total. The van der Waals surface area contributed by atoms with Crippen LogP contribution < -0.4 is 15.1 Å². The molecule has 0 amide bonds. The fraction of sp³-hybridized carbons (Fsp3) is 0.200. The maximum Gasteiger partial charge on any atom is 0.344 e. The molecule has 6 nitrogen and oxygen atoms in total. The molecule has 140 valence electrons. The van der Waals surface area contributed by atoms with Crippen molar-refractivity contribution in [1.82, 2.24) is 0 Å². The van der Waals surface area contributed by atoms with Crippen LogP contribution in [0.3, 0.4) is 0 Å². The number of carbonyl (C=O) groups is 1. The third kappa shape index (κ3) is 4.68. The molecule has 0 fully saturated rings. The Morgan fingerprint density at radius 3 is 2.70 bits per heavy atom. The summed E-state index contributed by atoms with van der Waals surface area (Å²) in [5, 5.41) is 0.701. The molecule has 0 radical (unpaired) electrons. The number of hydrogen-bond acceptors (Lipinski definition) is 6. The highest BCUT2D eigenvalue weighted by molar-refractivity contribution is 9.10. The van der Waals surface area contributed by atoms with Crippen molar-refractivity contribution in [2.24, 2.45) is 0 Å². The summed E-state index contributed by atoms with van der Waals surface area (Å²) < 4.78 is 21.9. The Morgan fingerprint density at radius 1 is 1.11 bits per heavy atom. The summed E-state index contributed by atoms with van der Waals surface area (Å²) in [5.74, 6) is 0.437. The van der Waals surface area contributed by atoms with Crippen LogP contribution in [-0.2, 0) is 16.1 Å². The van der Waals surface area contributed by atoms with Crippen molar-refractivity contribution < 1.29 is 23.4 Å². The van der Waals surface area contributed by atoms with Crippen LogP contribution in [0.1, 0.15) is 11.1 Å². The van der Waals surface area contributed by atoms with Crippen LogP contribution in [0.15, 0.2) is 56.1 Å². The van der Waals surface area contributed by atoms with Crippen LogP contribution in [0.2, 0.25) is 0 Å². The molecule has 0 bridgehead atoms. The molecule has 0 atom stereocenters. The van der Waals surface area contributed by atoms with Crippen LogP contribution in [0.4, 0.5) is 0 Å². The fourth-order valence-corrected chi connectivity index (χ4v) is 2.89. The Labute approximate surface area is 163 Å². The summed E-state index contributed by atoms with van der Waals surface area (Å²) in [5.41, 5.74) is 1.49. The molecule has 0 spiro atoms. The van der Waals surface area contributed by atoms with E-state index in [0.717, 1.165) is 10.0 Å². The Morgan fingerprint density at radius 2 is 1.93 bits per heavy atom. The number of rotatable bonds is 6. The molecule has 0 aliphatic carbocycles. The van der Waals surface area contributed by atoms with Crippen molar-refractivity contribution in [3.63, 3.8) is 0 Å². The number of benzene rings is 2. The maximum absolute atomic E-state index is 12.0. The second-order valence-corrected chi connectivity index (χ2v) is 6.75. The summed E-state index contributed by atoms with van der Waals surface area (Å²) in [6.45, 7) is 1.60. The molecular formula is C20H17BrO6. The van der Waals surface area contributed by atoms with E-state index in [9.17, 15) is 9.59 Å². The predicted octanol–water partition coefficient (Wildman–Crippen LogP) is 3.99. The van der Waals surface area contributed by atoms with Crippen molar-refractivity contribution in [3.8, 4) is 11.5 Å². The minimum atomic E-state index is -0.559. The minimum Gasteiger partial charge on any atom is -0.493 e. The summed E-state index contributed by atoms with van der Waals surface area (Å²) in [7, 11) is 1.53. The van der Waals surface area contributed by atoms with Crippen molar-refractivity contribution in [1.29, 1.82) is 0 Å². The van der Waals surface area contributed by atoms with Gasteiger partial charge in [-0.2, -0.15) is 0 Å². The summed E-state index contributed by atoms with van der Waals surface area (Å²) >= 11 is 3.33. The smallest absolute Gasteiger partial charge is 0.344 e. The van der Waals surface area contributed by atoms with Gasteiger partial charge in [0, 0.05) is 21.5 Å². The first-order chi connectivity index (χ1) is 13.0. The third-order valence-electron chi connectivity index (χ3n) is 3.85. The molecule has 0 unspecified atom stereocenters. The number of esters is 1. The Bertz CT molecular complexity index is 1040. The van der Waals surface area contributed by atoms with Gasteiger partial charge in [0.05, 0.1) is 7.11 Å². The lowest BCUT2D eigenvalue weighted by Gasteiger charge is -2.11. The lowest BCUT2D eigenvalue weighted by molar-refractivity contribution is -0.147. The zero-order valence-electron chi connectivity index (χ0n) is 14.8. The zero-order chi connectivity index (χ0) is 19.4. The van der Waals surface area contributed by atoms with Gasteiger partial charge in [0.1, 0.15) is 12.2 Å². The molecular weight excluding hydrogens is 416 g/mol. The van der Waals surface area contributed by atoms with Crippen LogP contribution >= 0.6 is 15.9 Å². The molecule has 27 heavy (non-hydrogen) atoms. The van der Waals surface area contributed by atoms with Gasteiger partial charge in [-0.1, -0.05) is 22.0 Å². The quantitative estimate of drug-likeness (QED) is 0.432. The van der Waals surface area contributed by atoms with Gasteiger partial charge in [-0.15, -0.1) is 0 Å². The van der Waals surface area contributed by atoms with E-state index in [-0.39, 0.29) is 13.2 Å². The van der Waals surface area contributed by atoms with Crippen LogP contribution in [0, 0.1) is 6.92 Å². The van der Waals surface area contributed by atoms with Crippen LogP contribution in [0.5, 0.6) is 11.5 Å². The van der Waals surface area contributed by atoms with Crippen molar-refractivity contribution >= 4 is 32.9 Å². The van der Waals surface area contributed by atoms with E-state index in [1.54, 1.807) is 18.2 Å². The average Bonchev–Trinajstić information content (AvgIpc) is 2.64. The SMILES string of the molecule is COc1cc(C)ccc1OCC(=O)OCc1cc(=O)oc2cc(Br)ccc12. The number of halogens is 1. The minimum absolute atomic E-state index is 0.0586. The highest BCUT2D eigenvalue weighted by atomic mass is 79.9. The van der Waals surface area contributed by atoms with Crippen LogP contribution in [-0.4, -0.2) is 19.7 Å². The summed E-state index contributed by atoms with van der Waals surface area (Å²) in [6.07, 6.45) is 0. The van der Waals surface area contributed by atoms with Gasteiger partial charge < -0.3 is 18.6 Å². The standard InChI is InChI=1S/C20H17BrO6/c1-12-3-6-16(18(7-12)24-2)25-11-20(23)26-10-13-8-19(22)27-17-9-14(21)4-5-15(13)17/h3-9H,10-11H2,1-2H3. The molecule has 0 saturated heterocycles. The lowest BCUT2D eigenvalue weighted by Crippen LogP contribution is -2.15. The maximum atomic E-state index is 12.0. The van der Waals surface area contributed by atoms with Gasteiger partial charge in [-0.25, -0.2) is 9.59 Å². The molecule has 3 aromatic rings. The third-order valence-corrected chi connectivity index (χ3v) is 4.34. The van der Waals surface area contributed by atoms with E-state index < -0.39 is 11.6 Å². The van der Waals surface area contributed by atoms with Gasteiger partial charge in [-0.05, 0) is 42.8 Å². The monoisotopic (exact) mass is 432 g/mol. The van der Waals surface area contributed by atoms with Gasteiger partial charge in [-0.3, -0.25) is 0 Å². The average molecular weight is 433 g/mol. The highest BCUT2D eigenvalue weighted by Gasteiger charge is 2.11. The lowest BCUT2D eigenvalue weighted by atomic mass is 10.1. The van der Waals surface area contributed by atoms with Crippen LogP contribution in [0.25, 0.3) is 11.0 Å². The highest BCUT2D eigenvalue weighted by Crippen LogP contribution is 2.27. The second kappa shape index (κ2) is 8.26. The molecule has 7 heteroatoms. The van der Waals surface area contributed by atoms with Crippen molar-refractivity contribution in [3.05, 3.63) is 68.5 Å². The van der Waals surface area contributed by atoms with Crippen molar-refractivity contribution in [2.45, 2.75) is 13.5 Å².